The van der Waals surface area contributed by atoms with E-state index in [1.54, 1.807) is 23.8 Å². The third-order valence-electron chi connectivity index (χ3n) is 10.1. The van der Waals surface area contributed by atoms with Crippen molar-refractivity contribution in [2.75, 3.05) is 33.3 Å². The Labute approximate surface area is 244 Å². The summed E-state index contributed by atoms with van der Waals surface area (Å²) in [5.41, 5.74) is -0.332. The fourth-order valence-corrected chi connectivity index (χ4v) is 9.42. The van der Waals surface area contributed by atoms with Crippen molar-refractivity contribution in [3.8, 4) is 0 Å². The van der Waals surface area contributed by atoms with Crippen LogP contribution < -0.4 is 26.6 Å². The topological polar surface area (TPSA) is 107 Å². The molecule has 0 aromatic heterocycles. The summed E-state index contributed by atoms with van der Waals surface area (Å²) in [5.74, 6) is 0.919. The molecule has 5 heterocycles. The van der Waals surface area contributed by atoms with E-state index in [2.05, 4.69) is 26.6 Å². The molecule has 11 unspecified atom stereocenters. The van der Waals surface area contributed by atoms with Gasteiger partial charge in [-0.3, -0.25) is 25.5 Å². The number of thioether (sulfide) groups is 1. The Morgan fingerprint density at radius 2 is 1.85 bits per heavy atom. The second kappa shape index (κ2) is 12.5. The van der Waals surface area contributed by atoms with E-state index >= 15 is 0 Å². The lowest BCUT2D eigenvalue weighted by Gasteiger charge is -2.45. The Bertz CT molecular complexity index is 923. The van der Waals surface area contributed by atoms with Gasteiger partial charge in [-0.2, -0.15) is 0 Å². The summed E-state index contributed by atoms with van der Waals surface area (Å²) in [6, 6.07) is -0.936. The van der Waals surface area contributed by atoms with E-state index in [4.69, 9.17) is 16.3 Å². The summed E-state index contributed by atoms with van der Waals surface area (Å²) in [5, 5.41) is 16.8. The van der Waals surface area contributed by atoms with Crippen LogP contribution in [-0.4, -0.2) is 103 Å². The zero-order valence-corrected chi connectivity index (χ0v) is 24.6. The molecule has 0 radical (unpaired) electrons. The number of carbonyl (C=O) groups is 2. The van der Waals surface area contributed by atoms with E-state index < -0.39 is 18.5 Å². The van der Waals surface area contributed by atoms with Crippen LogP contribution in [0.5, 0.6) is 0 Å². The van der Waals surface area contributed by atoms with Gasteiger partial charge >= 0.3 is 0 Å². The van der Waals surface area contributed by atoms with Gasteiger partial charge in [-0.1, -0.05) is 0 Å². The maximum absolute atomic E-state index is 13.7. The molecular weight excluding hydrogens is 562 g/mol. The van der Waals surface area contributed by atoms with E-state index in [0.717, 1.165) is 12.8 Å². The van der Waals surface area contributed by atoms with Gasteiger partial charge in [-0.25, -0.2) is 8.78 Å². The summed E-state index contributed by atoms with van der Waals surface area (Å²) < 4.78 is 32.2. The minimum absolute atomic E-state index is 0.0322. The maximum Gasteiger partial charge on any atom is 0.253 e. The van der Waals surface area contributed by atoms with Crippen LogP contribution in [-0.2, 0) is 14.3 Å². The normalized spacial score (nSPS) is 44.0. The summed E-state index contributed by atoms with van der Waals surface area (Å²) in [4.78, 5) is 28.6. The maximum atomic E-state index is 13.7. The predicted octanol–water partition coefficient (Wildman–Crippen LogP) is 1.27. The lowest BCUT2D eigenvalue weighted by molar-refractivity contribution is -0.134. The molecule has 9 nitrogen and oxygen atoms in total. The minimum Gasteiger partial charge on any atom is -0.380 e. The molecule has 5 N–H and O–H groups in total. The van der Waals surface area contributed by atoms with Gasteiger partial charge < -0.3 is 20.3 Å². The highest BCUT2D eigenvalue weighted by atomic mass is 35.5. The van der Waals surface area contributed by atoms with Gasteiger partial charge in [0.05, 0.1) is 29.6 Å². The van der Waals surface area contributed by atoms with Gasteiger partial charge in [0.2, 0.25) is 11.8 Å². The zero-order chi connectivity index (χ0) is 28.0. The van der Waals surface area contributed by atoms with E-state index in [1.165, 1.54) is 12.8 Å². The van der Waals surface area contributed by atoms with Gasteiger partial charge in [0.15, 0.2) is 0 Å². The molecule has 0 spiro atoms. The van der Waals surface area contributed by atoms with E-state index in [0.29, 0.717) is 57.4 Å². The number of nitrogens with one attached hydrogen (secondary N) is 5. The molecular formula is C27H43ClF2N6O3S. The van der Waals surface area contributed by atoms with Crippen molar-refractivity contribution >= 4 is 35.2 Å². The predicted molar refractivity (Wildman–Crippen MR) is 150 cm³/mol. The molecule has 0 bridgehead atoms. The van der Waals surface area contributed by atoms with E-state index in [-0.39, 0.29) is 58.0 Å². The quantitative estimate of drug-likeness (QED) is 0.219. The third kappa shape index (κ3) is 6.28. The highest BCUT2D eigenvalue weighted by Crippen LogP contribution is 2.43. The standard InChI is InChI=1S/C27H43ClF2N6O3S/c1-39-21-10-32-23(28)8-15(21)14-7-19(13-5-6-13)31-9-16(14)25(37)35-27-34-20-11-36(12-22(20)40-27)26(38)18-4-2-3-17(33-18)24(29)30/h13-24,27,31-34H,2-12H2,1H3,(H,35,37). The van der Waals surface area contributed by atoms with Crippen LogP contribution in [0.15, 0.2) is 0 Å². The van der Waals surface area contributed by atoms with Gasteiger partial charge in [0.25, 0.3) is 6.43 Å². The highest BCUT2D eigenvalue weighted by Gasteiger charge is 2.49. The van der Waals surface area contributed by atoms with Crippen LogP contribution in [0.3, 0.4) is 0 Å². The minimum atomic E-state index is -2.46. The summed E-state index contributed by atoms with van der Waals surface area (Å²) in [6.07, 6.45) is 3.46. The van der Waals surface area contributed by atoms with Crippen molar-refractivity contribution in [2.45, 2.75) is 97.9 Å². The molecule has 5 saturated heterocycles. The Hall–Kier alpha value is -0.760. The van der Waals surface area contributed by atoms with Crippen LogP contribution in [0, 0.1) is 23.7 Å². The largest absolute Gasteiger partial charge is 0.380 e. The number of rotatable bonds is 7. The summed E-state index contributed by atoms with van der Waals surface area (Å²) in [6.45, 7) is 2.44. The number of likely N-dealkylation sites (tertiary alicyclic amines) is 1. The van der Waals surface area contributed by atoms with Crippen molar-refractivity contribution in [3.05, 3.63) is 0 Å². The number of hydrogen-bond acceptors (Lipinski definition) is 8. The SMILES string of the molecule is COC1CNC(Cl)CC1C1CC(C2CC2)NCC1C(=O)NC1NC2CN(C(=O)C3CCCC(C(F)F)N3)CC2S1. The van der Waals surface area contributed by atoms with Crippen LogP contribution in [0.25, 0.3) is 0 Å². The summed E-state index contributed by atoms with van der Waals surface area (Å²) in [7, 11) is 1.75. The Morgan fingerprint density at radius 1 is 1.02 bits per heavy atom. The number of alkyl halides is 3. The van der Waals surface area contributed by atoms with Crippen molar-refractivity contribution in [1.29, 1.82) is 0 Å². The highest BCUT2D eigenvalue weighted by molar-refractivity contribution is 8.00. The average molecular weight is 605 g/mol. The Morgan fingerprint density at radius 3 is 2.58 bits per heavy atom. The van der Waals surface area contributed by atoms with Crippen molar-refractivity contribution < 1.29 is 23.1 Å². The van der Waals surface area contributed by atoms with E-state index in [1.807, 2.05) is 0 Å². The Balaban J connectivity index is 1.04. The average Bonchev–Trinajstić information content (AvgIpc) is 3.64. The first kappa shape index (κ1) is 29.3. The molecule has 0 aromatic rings. The number of ether oxygens (including phenoxy) is 1. The monoisotopic (exact) mass is 604 g/mol. The molecule has 6 fully saturated rings. The first-order chi connectivity index (χ1) is 19.3. The first-order valence-corrected chi connectivity index (χ1v) is 16.4. The van der Waals surface area contributed by atoms with E-state index in [9.17, 15) is 18.4 Å². The molecule has 5 aliphatic heterocycles. The molecule has 1 saturated carbocycles. The lowest BCUT2D eigenvalue weighted by Crippen LogP contribution is -2.58. The summed E-state index contributed by atoms with van der Waals surface area (Å²) >= 11 is 8.18. The molecule has 11 atom stereocenters. The van der Waals surface area contributed by atoms with Crippen molar-refractivity contribution in [3.63, 3.8) is 0 Å². The molecule has 13 heteroatoms. The number of amides is 2. The molecule has 1 aliphatic carbocycles. The van der Waals surface area contributed by atoms with Crippen LogP contribution in [0.4, 0.5) is 8.78 Å². The number of carbonyl (C=O) groups excluding carboxylic acids is 2. The fraction of sp³-hybridized carbons (Fsp3) is 0.926. The number of fused-ring (bicyclic) bond motifs is 1. The smallest absolute Gasteiger partial charge is 0.253 e. The van der Waals surface area contributed by atoms with Gasteiger partial charge in [0.1, 0.15) is 5.50 Å². The van der Waals surface area contributed by atoms with Crippen molar-refractivity contribution in [2.24, 2.45) is 23.7 Å². The first-order valence-electron chi connectivity index (χ1n) is 15.0. The molecule has 40 heavy (non-hydrogen) atoms. The second-order valence-electron chi connectivity index (χ2n) is 12.6. The molecule has 6 aliphatic rings. The number of hydrogen-bond donors (Lipinski definition) is 5. The van der Waals surface area contributed by atoms with Crippen LogP contribution in [0.1, 0.15) is 44.9 Å². The number of nitrogens with zero attached hydrogens (tertiary/aromatic N) is 1. The van der Waals surface area contributed by atoms with Gasteiger partial charge in [-0.15, -0.1) is 23.4 Å². The number of methoxy groups -OCH3 is 1. The third-order valence-corrected chi connectivity index (χ3v) is 11.8. The van der Waals surface area contributed by atoms with Crippen LogP contribution >= 0.6 is 23.4 Å². The molecule has 0 aromatic carbocycles. The Kier molecular flexibility index (Phi) is 9.13. The molecule has 226 valence electrons. The lowest BCUT2D eigenvalue weighted by atomic mass is 9.69. The second-order valence-corrected chi connectivity index (χ2v) is 14.5. The number of piperidine rings is 3. The zero-order valence-electron chi connectivity index (χ0n) is 23.0. The van der Waals surface area contributed by atoms with Gasteiger partial charge in [0, 0.05) is 50.6 Å². The fourth-order valence-electron chi connectivity index (χ4n) is 7.72. The number of halogens is 3. The molecule has 2 amide bonds. The van der Waals surface area contributed by atoms with Gasteiger partial charge in [-0.05, 0) is 62.7 Å². The van der Waals surface area contributed by atoms with Crippen molar-refractivity contribution in [1.82, 2.24) is 31.5 Å². The van der Waals surface area contributed by atoms with Crippen LogP contribution in [0.2, 0.25) is 0 Å². The molecule has 6 rings (SSSR count).